The molecule has 0 aliphatic carbocycles. The van der Waals surface area contributed by atoms with Gasteiger partial charge in [-0.3, -0.25) is 4.79 Å². The minimum atomic E-state index is -1.67. The van der Waals surface area contributed by atoms with Crippen LogP contribution >= 0.6 is 0 Å². The summed E-state index contributed by atoms with van der Waals surface area (Å²) in [7, 11) is 0. The van der Waals surface area contributed by atoms with Crippen LogP contribution in [0.2, 0.25) is 0 Å². The van der Waals surface area contributed by atoms with E-state index in [9.17, 15) is 40.5 Å². The fourth-order valence-corrected chi connectivity index (χ4v) is 8.58. The number of carbonyl (C=O) groups is 1. The molecule has 1 aliphatic heterocycles. The van der Waals surface area contributed by atoms with Gasteiger partial charge >= 0.3 is 0 Å². The molecule has 1 saturated heterocycles. The third kappa shape index (κ3) is 31.5. The van der Waals surface area contributed by atoms with Gasteiger partial charge in [0.05, 0.1) is 25.4 Å². The summed E-state index contributed by atoms with van der Waals surface area (Å²) < 4.78 is 11.1. The smallest absolute Gasteiger partial charge is 0.249 e. The molecule has 0 radical (unpaired) electrons. The second-order valence-corrected chi connectivity index (χ2v) is 18.9. The summed E-state index contributed by atoms with van der Waals surface area (Å²) >= 11 is 0. The predicted molar refractivity (Wildman–Crippen MR) is 261 cm³/mol. The zero-order valence-corrected chi connectivity index (χ0v) is 41.0. The lowest BCUT2D eigenvalue weighted by Gasteiger charge is -2.40. The molecule has 0 saturated carbocycles. The van der Waals surface area contributed by atoms with E-state index in [1.54, 1.807) is 0 Å². The Labute approximate surface area is 391 Å². The Hall–Kier alpha value is -1.41. The molecule has 1 heterocycles. The number of unbranched alkanes of at least 4 members (excludes halogenated alkanes) is 29. The summed E-state index contributed by atoms with van der Waals surface area (Å²) in [6.07, 6.45) is 38.4. The van der Waals surface area contributed by atoms with Crippen molar-refractivity contribution in [2.45, 2.75) is 294 Å². The second kappa shape index (κ2) is 42.9. The van der Waals surface area contributed by atoms with Gasteiger partial charge in [0, 0.05) is 0 Å². The first kappa shape index (κ1) is 60.6. The molecule has 64 heavy (non-hydrogen) atoms. The number of amides is 1. The van der Waals surface area contributed by atoms with Crippen molar-refractivity contribution < 1.29 is 50.0 Å². The van der Waals surface area contributed by atoms with E-state index in [4.69, 9.17) is 9.47 Å². The quantitative estimate of drug-likeness (QED) is 0.0216. The van der Waals surface area contributed by atoms with Crippen molar-refractivity contribution >= 4 is 5.91 Å². The van der Waals surface area contributed by atoms with Gasteiger partial charge in [-0.15, -0.1) is 0 Å². The van der Waals surface area contributed by atoms with E-state index < -0.39 is 74.2 Å². The molecule has 0 aromatic heterocycles. The van der Waals surface area contributed by atoms with E-state index in [0.29, 0.717) is 19.3 Å². The van der Waals surface area contributed by atoms with E-state index in [-0.39, 0.29) is 12.8 Å². The Balaban J connectivity index is 2.24. The van der Waals surface area contributed by atoms with Crippen LogP contribution in [0.5, 0.6) is 0 Å². The Morgan fingerprint density at radius 3 is 1.39 bits per heavy atom. The second-order valence-electron chi connectivity index (χ2n) is 18.9. The van der Waals surface area contributed by atoms with E-state index >= 15 is 0 Å². The molecule has 0 aromatic carbocycles. The minimum Gasteiger partial charge on any atom is -0.394 e. The van der Waals surface area contributed by atoms with Crippen molar-refractivity contribution in [3.8, 4) is 0 Å². The average Bonchev–Trinajstić information content (AvgIpc) is 3.29. The topological polar surface area (TPSA) is 189 Å². The highest BCUT2D eigenvalue weighted by atomic mass is 16.7. The van der Waals surface area contributed by atoms with Crippen molar-refractivity contribution in [2.75, 3.05) is 13.2 Å². The van der Waals surface area contributed by atoms with E-state index in [2.05, 4.69) is 43.5 Å². The number of aliphatic hydroxyl groups is 7. The Bertz CT molecular complexity index is 1090. The first-order valence-corrected chi connectivity index (χ1v) is 26.7. The molecule has 1 amide bonds. The molecular weight excluding hydrogens is 811 g/mol. The van der Waals surface area contributed by atoms with E-state index in [1.807, 2.05) is 0 Å². The largest absolute Gasteiger partial charge is 0.394 e. The van der Waals surface area contributed by atoms with Gasteiger partial charge in [0.1, 0.15) is 36.6 Å². The molecule has 1 aliphatic rings. The maximum absolute atomic E-state index is 13.1. The highest BCUT2D eigenvalue weighted by Gasteiger charge is 2.44. The van der Waals surface area contributed by atoms with Crippen molar-refractivity contribution in [1.82, 2.24) is 5.32 Å². The van der Waals surface area contributed by atoms with Crippen LogP contribution in [0.4, 0.5) is 0 Å². The summed E-state index contributed by atoms with van der Waals surface area (Å²) in [5.74, 6) is -0.709. The summed E-state index contributed by atoms with van der Waals surface area (Å²) in [6, 6.07) is -1.19. The SMILES string of the molecule is CCC/C=C/CC/C=C/CCCC(O)C(O)C(COC1OC(CO)C(O)C(O)C1O)NC(=O)C(O)CCCCCCCCCCCCCCCCCCCCCCCCCCCCC. The highest BCUT2D eigenvalue weighted by Crippen LogP contribution is 2.23. The third-order valence-electron chi connectivity index (χ3n) is 13.0. The number of rotatable bonds is 45. The van der Waals surface area contributed by atoms with Gasteiger partial charge in [-0.1, -0.05) is 218 Å². The van der Waals surface area contributed by atoms with Gasteiger partial charge in [0.25, 0.3) is 0 Å². The lowest BCUT2D eigenvalue weighted by atomic mass is 9.98. The summed E-state index contributed by atoms with van der Waals surface area (Å²) in [6.45, 7) is 3.36. The molecule has 11 nitrogen and oxygen atoms in total. The predicted octanol–water partition coefficient (Wildman–Crippen LogP) is 10.2. The van der Waals surface area contributed by atoms with E-state index in [1.165, 1.54) is 148 Å². The van der Waals surface area contributed by atoms with Crippen LogP contribution in [0, 0.1) is 0 Å². The molecule has 11 heteroatoms. The fraction of sp³-hybridized carbons (Fsp3) is 0.906. The number of carbonyl (C=O) groups excluding carboxylic acids is 1. The molecule has 378 valence electrons. The monoisotopic (exact) mass is 912 g/mol. The molecule has 0 bridgehead atoms. The molecule has 8 N–H and O–H groups in total. The molecule has 1 fully saturated rings. The third-order valence-corrected chi connectivity index (χ3v) is 13.0. The Kier molecular flexibility index (Phi) is 40.6. The van der Waals surface area contributed by atoms with Crippen LogP contribution in [0.3, 0.4) is 0 Å². The van der Waals surface area contributed by atoms with Crippen LogP contribution in [-0.4, -0.2) is 110 Å². The van der Waals surface area contributed by atoms with Crippen LogP contribution in [0.15, 0.2) is 24.3 Å². The minimum absolute atomic E-state index is 0.247. The number of hydrogen-bond donors (Lipinski definition) is 8. The lowest BCUT2D eigenvalue weighted by molar-refractivity contribution is -0.303. The van der Waals surface area contributed by atoms with Gasteiger partial charge in [0.2, 0.25) is 5.91 Å². The Morgan fingerprint density at radius 1 is 0.531 bits per heavy atom. The van der Waals surface area contributed by atoms with E-state index in [0.717, 1.165) is 44.9 Å². The molecule has 0 aromatic rings. The van der Waals surface area contributed by atoms with Gasteiger partial charge in [-0.2, -0.15) is 0 Å². The van der Waals surface area contributed by atoms with Crippen LogP contribution in [-0.2, 0) is 14.3 Å². The fourth-order valence-electron chi connectivity index (χ4n) is 8.58. The number of ether oxygens (including phenoxy) is 2. The number of aliphatic hydroxyl groups excluding tert-OH is 7. The molecule has 9 atom stereocenters. The molecule has 0 spiro atoms. The van der Waals surface area contributed by atoms with Crippen LogP contribution < -0.4 is 5.32 Å². The van der Waals surface area contributed by atoms with Crippen molar-refractivity contribution in [2.24, 2.45) is 0 Å². The van der Waals surface area contributed by atoms with Gasteiger partial charge in [0.15, 0.2) is 6.29 Å². The lowest BCUT2D eigenvalue weighted by Crippen LogP contribution is -2.60. The molecule has 1 rings (SSSR count). The Morgan fingerprint density at radius 2 is 0.953 bits per heavy atom. The van der Waals surface area contributed by atoms with Crippen LogP contribution in [0.25, 0.3) is 0 Å². The average molecular weight is 912 g/mol. The summed E-state index contributed by atoms with van der Waals surface area (Å²) in [5, 5.41) is 75.6. The molecular formula is C53H101NO10. The van der Waals surface area contributed by atoms with Gasteiger partial charge < -0.3 is 50.5 Å². The maximum atomic E-state index is 13.1. The zero-order chi connectivity index (χ0) is 46.9. The number of allylic oxidation sites excluding steroid dienone is 4. The van der Waals surface area contributed by atoms with Gasteiger partial charge in [-0.25, -0.2) is 0 Å². The zero-order valence-electron chi connectivity index (χ0n) is 41.0. The van der Waals surface area contributed by atoms with Gasteiger partial charge in [-0.05, 0) is 44.9 Å². The number of nitrogens with one attached hydrogen (secondary N) is 1. The maximum Gasteiger partial charge on any atom is 0.249 e. The number of hydrogen-bond acceptors (Lipinski definition) is 10. The highest BCUT2D eigenvalue weighted by molar-refractivity contribution is 5.80. The van der Waals surface area contributed by atoms with Crippen molar-refractivity contribution in [1.29, 1.82) is 0 Å². The first-order valence-electron chi connectivity index (χ1n) is 26.7. The summed E-state index contributed by atoms with van der Waals surface area (Å²) in [5.41, 5.74) is 0. The van der Waals surface area contributed by atoms with Crippen molar-refractivity contribution in [3.63, 3.8) is 0 Å². The first-order chi connectivity index (χ1) is 31.2. The van der Waals surface area contributed by atoms with Crippen molar-refractivity contribution in [3.05, 3.63) is 24.3 Å². The van der Waals surface area contributed by atoms with Crippen LogP contribution in [0.1, 0.15) is 239 Å². The summed E-state index contributed by atoms with van der Waals surface area (Å²) in [4.78, 5) is 13.1. The molecule has 9 unspecified atom stereocenters. The normalized spacial score (nSPS) is 21.2. The standard InChI is InChI=1S/C53H101NO10/c1-3-5-7-9-11-13-15-16-17-18-19-20-21-22-23-24-25-26-27-28-29-30-31-33-35-37-39-41-46(57)52(62)54-44(43-63-53-51(61)50(60)49(59)47(42-55)64-53)48(58)45(56)40-38-36-34-32-14-12-10-8-6-4-2/h8,10,32,34,44-51,53,55-61H,3-7,9,11-31,33,35-43H2,1-2H3,(H,54,62)/b10-8+,34-32+.